The van der Waals surface area contributed by atoms with Gasteiger partial charge in [-0.05, 0) is 102 Å². The Labute approximate surface area is 357 Å². The van der Waals surface area contributed by atoms with E-state index >= 15 is 0 Å². The quantitative estimate of drug-likeness (QED) is 0.165. The second-order valence-electron chi connectivity index (χ2n) is 13.8. The Hall–Kier alpha value is -7.68. The number of nitrogens with zero attached hydrogens (tertiary/aromatic N) is 1. The molecule has 1 N–H and O–H groups in total. The number of hydrogen-bond acceptors (Lipinski definition) is 2. The van der Waals surface area contributed by atoms with Gasteiger partial charge >= 0.3 is 0 Å². The van der Waals surface area contributed by atoms with E-state index in [0.29, 0.717) is 0 Å². The molecule has 9 rings (SSSR count). The molecule has 0 unspecified atom stereocenters. The van der Waals surface area contributed by atoms with Crippen LogP contribution in [0.15, 0.2) is 267 Å². The van der Waals surface area contributed by atoms with Crippen LogP contribution >= 0.6 is 0 Å². The number of nitrogens with one attached hydrogen (secondary N) is 1. The van der Waals surface area contributed by atoms with E-state index < -0.39 is 0 Å². The number of hydrogen-bond donors (Lipinski definition) is 1. The first kappa shape index (κ1) is 41.9. The molecule has 9 aromatic rings. The lowest BCUT2D eigenvalue weighted by atomic mass is 10.0. The summed E-state index contributed by atoms with van der Waals surface area (Å²) in [5, 5.41) is 3.44. The van der Waals surface area contributed by atoms with E-state index in [1.54, 1.807) is 0 Å². The average Bonchev–Trinajstić information content (AvgIpc) is 3.34. The lowest BCUT2D eigenvalue weighted by Crippen LogP contribution is -2.09. The predicted octanol–water partition coefficient (Wildman–Crippen LogP) is 16.6. The molecule has 0 bridgehead atoms. The van der Waals surface area contributed by atoms with Gasteiger partial charge in [0.15, 0.2) is 0 Å². The van der Waals surface area contributed by atoms with Crippen LogP contribution in [0.3, 0.4) is 0 Å². The molecule has 0 fully saturated rings. The molecule has 0 aliphatic heterocycles. The van der Waals surface area contributed by atoms with Crippen molar-refractivity contribution in [2.75, 3.05) is 10.2 Å². The zero-order valence-electron chi connectivity index (χ0n) is 34.4. The van der Waals surface area contributed by atoms with Gasteiger partial charge in [-0.2, -0.15) is 0 Å². The molecule has 0 aliphatic carbocycles. The molecule has 0 aliphatic rings. The van der Waals surface area contributed by atoms with Crippen molar-refractivity contribution in [2.24, 2.45) is 0 Å². The zero-order valence-corrected chi connectivity index (χ0v) is 34.4. The van der Waals surface area contributed by atoms with Gasteiger partial charge < -0.3 is 10.2 Å². The molecule has 0 spiro atoms. The fraction of sp³-hybridized carbons (Fsp3) is 0.0345. The second-order valence-corrected chi connectivity index (χ2v) is 13.8. The summed E-state index contributed by atoms with van der Waals surface area (Å²) in [4.78, 5) is 2.30. The molecule has 9 aromatic carbocycles. The Balaban J connectivity index is 0.000000172. The number of anilines is 5. The van der Waals surface area contributed by atoms with Gasteiger partial charge in [0.05, 0.1) is 0 Å². The van der Waals surface area contributed by atoms with Crippen LogP contribution in [-0.4, -0.2) is 0 Å². The van der Waals surface area contributed by atoms with E-state index in [0.717, 1.165) is 28.4 Å². The highest BCUT2D eigenvalue weighted by atomic mass is 15.1. The summed E-state index contributed by atoms with van der Waals surface area (Å²) in [6, 6.07) is 89.6. The van der Waals surface area contributed by atoms with Crippen LogP contribution in [0.25, 0.3) is 28.3 Å². The average molecular weight is 777 g/mol. The molecule has 2 heteroatoms. The van der Waals surface area contributed by atoms with Crippen LogP contribution in [0.2, 0.25) is 0 Å². The van der Waals surface area contributed by atoms with Crippen LogP contribution in [0, 0.1) is 6.92 Å². The molecule has 0 saturated carbocycles. The Morgan fingerprint density at radius 1 is 0.333 bits per heavy atom. The first-order chi connectivity index (χ1) is 29.7. The summed E-state index contributed by atoms with van der Waals surface area (Å²) in [6.07, 6.45) is 4.19. The lowest BCUT2D eigenvalue weighted by molar-refractivity contribution is 1.28. The van der Waals surface area contributed by atoms with E-state index in [9.17, 15) is 0 Å². The van der Waals surface area contributed by atoms with Crippen LogP contribution in [-0.2, 0) is 0 Å². The van der Waals surface area contributed by atoms with Gasteiger partial charge in [0, 0.05) is 28.4 Å². The summed E-state index contributed by atoms with van der Waals surface area (Å²) in [7, 11) is 0. The van der Waals surface area contributed by atoms with Crippen molar-refractivity contribution in [3.05, 3.63) is 278 Å². The fourth-order valence-corrected chi connectivity index (χ4v) is 6.49. The van der Waals surface area contributed by atoms with Gasteiger partial charge in [-0.1, -0.05) is 218 Å². The number of benzene rings is 9. The lowest BCUT2D eigenvalue weighted by Gasteiger charge is -2.26. The van der Waals surface area contributed by atoms with E-state index in [1.165, 1.54) is 33.4 Å². The molecule has 0 heterocycles. The first-order valence-electron chi connectivity index (χ1n) is 20.4. The SMILES string of the molecule is C/C=C\c1cccc(Nc2ccccc2)c1C.c1ccc(-c2ccc(N(c3ccccc3)c3ccc(-c4ccccc4)cc3)cc2)cc1.c1ccccc1.c1ccccc1. The number of rotatable bonds is 8. The second kappa shape index (κ2) is 23.5. The highest BCUT2D eigenvalue weighted by Gasteiger charge is 2.13. The summed E-state index contributed by atoms with van der Waals surface area (Å²) >= 11 is 0. The minimum absolute atomic E-state index is 1.12. The van der Waals surface area contributed by atoms with E-state index in [4.69, 9.17) is 0 Å². The van der Waals surface area contributed by atoms with Gasteiger partial charge in [-0.3, -0.25) is 0 Å². The maximum atomic E-state index is 3.44. The van der Waals surface area contributed by atoms with Gasteiger partial charge in [-0.25, -0.2) is 0 Å². The Morgan fingerprint density at radius 3 is 1.07 bits per heavy atom. The van der Waals surface area contributed by atoms with Gasteiger partial charge in [0.1, 0.15) is 0 Å². The first-order valence-corrected chi connectivity index (χ1v) is 20.4. The van der Waals surface area contributed by atoms with Gasteiger partial charge in [-0.15, -0.1) is 0 Å². The minimum atomic E-state index is 1.12. The highest BCUT2D eigenvalue weighted by molar-refractivity contribution is 5.79. The van der Waals surface area contributed by atoms with Crippen molar-refractivity contribution in [3.8, 4) is 22.3 Å². The summed E-state index contributed by atoms with van der Waals surface area (Å²) in [6.45, 7) is 4.18. The Kier molecular flexibility index (Phi) is 16.4. The zero-order chi connectivity index (χ0) is 41.5. The van der Waals surface area contributed by atoms with Crippen LogP contribution < -0.4 is 10.2 Å². The summed E-state index contributed by atoms with van der Waals surface area (Å²) in [5.41, 5.74) is 13.1. The van der Waals surface area contributed by atoms with Crippen molar-refractivity contribution in [1.82, 2.24) is 0 Å². The van der Waals surface area contributed by atoms with Crippen molar-refractivity contribution < 1.29 is 0 Å². The smallest absolute Gasteiger partial charge is 0.0462 e. The Morgan fingerprint density at radius 2 is 0.667 bits per heavy atom. The highest BCUT2D eigenvalue weighted by Crippen LogP contribution is 2.36. The van der Waals surface area contributed by atoms with E-state index in [1.807, 2.05) is 110 Å². The molecule has 0 saturated heterocycles. The Bertz CT molecular complexity index is 2350. The van der Waals surface area contributed by atoms with Gasteiger partial charge in [0.25, 0.3) is 0 Å². The maximum absolute atomic E-state index is 3.44. The van der Waals surface area contributed by atoms with Crippen LogP contribution in [0.5, 0.6) is 0 Å². The monoisotopic (exact) mass is 776 g/mol. The molecule has 0 aromatic heterocycles. The molecule has 294 valence electrons. The number of allylic oxidation sites excluding steroid dienone is 1. The van der Waals surface area contributed by atoms with E-state index in [2.05, 4.69) is 187 Å². The van der Waals surface area contributed by atoms with Crippen molar-refractivity contribution in [3.63, 3.8) is 0 Å². The molecular weight excluding hydrogens is 725 g/mol. The van der Waals surface area contributed by atoms with E-state index in [-0.39, 0.29) is 0 Å². The van der Waals surface area contributed by atoms with Crippen LogP contribution in [0.4, 0.5) is 28.4 Å². The normalized spacial score (nSPS) is 10.1. The summed E-state index contributed by atoms with van der Waals surface area (Å²) < 4.78 is 0. The third kappa shape index (κ3) is 12.9. The maximum Gasteiger partial charge on any atom is 0.0462 e. The molecule has 60 heavy (non-hydrogen) atoms. The summed E-state index contributed by atoms with van der Waals surface area (Å²) in [5.74, 6) is 0. The van der Waals surface area contributed by atoms with Crippen molar-refractivity contribution in [1.29, 1.82) is 0 Å². The van der Waals surface area contributed by atoms with Gasteiger partial charge in [0.2, 0.25) is 0 Å². The topological polar surface area (TPSA) is 15.3 Å². The molecule has 0 atom stereocenters. The minimum Gasteiger partial charge on any atom is -0.355 e. The molecular formula is C58H52N2. The third-order valence-corrected chi connectivity index (χ3v) is 9.59. The number of para-hydroxylation sites is 2. The largest absolute Gasteiger partial charge is 0.355 e. The third-order valence-electron chi connectivity index (χ3n) is 9.59. The van der Waals surface area contributed by atoms with Crippen LogP contribution in [0.1, 0.15) is 18.1 Å². The predicted molar refractivity (Wildman–Crippen MR) is 260 cm³/mol. The molecule has 0 radical (unpaired) electrons. The molecule has 0 amide bonds. The fourth-order valence-electron chi connectivity index (χ4n) is 6.49. The van der Waals surface area contributed by atoms with Crippen molar-refractivity contribution >= 4 is 34.5 Å². The van der Waals surface area contributed by atoms with Crippen molar-refractivity contribution in [2.45, 2.75) is 13.8 Å². The molecule has 2 nitrogen and oxygen atoms in total. The standard InChI is InChI=1S/C30H23N.C16H17N.2C6H6/c1-4-10-24(11-5-1)26-16-20-29(21-17-26)31(28-14-8-3-9-15-28)30-22-18-27(19-23-30)25-12-6-2-7-13-25;1-3-8-14-9-7-12-16(13(14)2)17-15-10-5-4-6-11-15;2*1-2-4-6-5-3-1/h1-23H;3-12,17H,1-2H3;2*1-6H/b;8-3-;;.